The quantitative estimate of drug-likeness (QED) is 0.854. The average Bonchev–Trinajstić information content (AvgIpc) is 2.93. The smallest absolute Gasteiger partial charge is 0.265 e. The molecule has 21 heavy (non-hydrogen) atoms. The number of aromatic amines is 1. The molecule has 0 saturated carbocycles. The predicted octanol–water partition coefficient (Wildman–Crippen LogP) is 3.95. The van der Waals surface area contributed by atoms with E-state index in [2.05, 4.69) is 4.98 Å². The number of benzene rings is 1. The number of aromatic nitrogens is 1. The molecule has 0 atom stereocenters. The van der Waals surface area contributed by atoms with Crippen LogP contribution in [0.1, 0.15) is 17.6 Å². The summed E-state index contributed by atoms with van der Waals surface area (Å²) in [4.78, 5) is 2.79. The third kappa shape index (κ3) is 2.34. The van der Waals surface area contributed by atoms with Crippen molar-refractivity contribution in [3.63, 3.8) is 0 Å². The first-order chi connectivity index (χ1) is 10.1. The van der Waals surface area contributed by atoms with Crippen molar-refractivity contribution >= 4 is 12.2 Å². The fraction of sp³-hybridized carbons (Fsp3) is 0.143. The maximum Gasteiger partial charge on any atom is 0.265 e. The van der Waals surface area contributed by atoms with Crippen molar-refractivity contribution in [2.24, 2.45) is 0 Å². The van der Waals surface area contributed by atoms with Gasteiger partial charge in [0.25, 0.3) is 6.43 Å². The topological polar surface area (TPSA) is 58.0 Å². The van der Waals surface area contributed by atoms with E-state index in [1.807, 2.05) is 0 Å². The molecule has 0 saturated heterocycles. The van der Waals surface area contributed by atoms with E-state index in [1.165, 1.54) is 6.07 Å². The Morgan fingerprint density at radius 2 is 2.00 bits per heavy atom. The van der Waals surface area contributed by atoms with Crippen LogP contribution in [0.4, 0.5) is 8.78 Å². The molecule has 3 rings (SSSR count). The SMILES string of the molecule is N#Cc1c(C(F)F)cc(-c2ccc3c(c2)OCO3)[nH]c1=S. The van der Waals surface area contributed by atoms with Crippen LogP contribution in [0.15, 0.2) is 24.3 Å². The first kappa shape index (κ1) is 13.5. The minimum atomic E-state index is -2.77. The molecule has 0 radical (unpaired) electrons. The number of alkyl halides is 2. The molecule has 1 aliphatic rings. The molecule has 7 heteroatoms. The van der Waals surface area contributed by atoms with Gasteiger partial charge in [0.15, 0.2) is 11.5 Å². The van der Waals surface area contributed by atoms with Crippen LogP contribution in [-0.4, -0.2) is 11.8 Å². The van der Waals surface area contributed by atoms with Crippen LogP contribution in [-0.2, 0) is 0 Å². The Bertz CT molecular complexity index is 812. The number of nitrogens with zero attached hydrogens (tertiary/aromatic N) is 1. The van der Waals surface area contributed by atoms with Crippen LogP contribution >= 0.6 is 12.2 Å². The maximum absolute atomic E-state index is 13.1. The van der Waals surface area contributed by atoms with Crippen LogP contribution in [0, 0.1) is 16.0 Å². The highest BCUT2D eigenvalue weighted by molar-refractivity contribution is 7.71. The van der Waals surface area contributed by atoms with Crippen LogP contribution in [0.5, 0.6) is 11.5 Å². The number of rotatable bonds is 2. The highest BCUT2D eigenvalue weighted by atomic mass is 32.1. The predicted molar refractivity (Wildman–Crippen MR) is 72.9 cm³/mol. The van der Waals surface area contributed by atoms with Gasteiger partial charge < -0.3 is 14.5 Å². The van der Waals surface area contributed by atoms with Crippen molar-refractivity contribution in [2.75, 3.05) is 6.79 Å². The van der Waals surface area contributed by atoms with Crippen molar-refractivity contribution in [1.82, 2.24) is 4.98 Å². The largest absolute Gasteiger partial charge is 0.454 e. The van der Waals surface area contributed by atoms with Gasteiger partial charge >= 0.3 is 0 Å². The van der Waals surface area contributed by atoms with E-state index in [9.17, 15) is 8.78 Å². The summed E-state index contributed by atoms with van der Waals surface area (Å²) in [6, 6.07) is 8.00. The molecule has 0 aliphatic carbocycles. The molecule has 1 aromatic heterocycles. The van der Waals surface area contributed by atoms with Crippen molar-refractivity contribution in [3.05, 3.63) is 40.0 Å². The second-order valence-corrected chi connectivity index (χ2v) is 4.73. The molecular weight excluding hydrogens is 298 g/mol. The van der Waals surface area contributed by atoms with Crippen LogP contribution in [0.25, 0.3) is 11.3 Å². The Morgan fingerprint density at radius 3 is 2.71 bits per heavy atom. The fourth-order valence-electron chi connectivity index (χ4n) is 2.09. The number of H-pyrrole nitrogens is 1. The van der Waals surface area contributed by atoms with E-state index in [1.54, 1.807) is 24.3 Å². The minimum absolute atomic E-state index is 0.0111. The lowest BCUT2D eigenvalue weighted by molar-refractivity contribution is 0.151. The standard InChI is InChI=1S/C14H8F2N2O2S/c15-13(16)8-4-10(18-14(21)9(8)5-17)7-1-2-11-12(3-7)20-6-19-11/h1-4,13H,6H2,(H,18,21). The monoisotopic (exact) mass is 306 g/mol. The molecule has 1 aliphatic heterocycles. The second-order valence-electron chi connectivity index (χ2n) is 4.32. The fourth-order valence-corrected chi connectivity index (χ4v) is 2.36. The summed E-state index contributed by atoms with van der Waals surface area (Å²) in [5, 5.41) is 8.93. The Morgan fingerprint density at radius 1 is 1.24 bits per heavy atom. The third-order valence-electron chi connectivity index (χ3n) is 3.09. The number of hydrogen-bond acceptors (Lipinski definition) is 4. The molecule has 0 unspecified atom stereocenters. The molecular formula is C14H8F2N2O2S. The zero-order chi connectivity index (χ0) is 15.0. The lowest BCUT2D eigenvalue weighted by atomic mass is 10.1. The van der Waals surface area contributed by atoms with E-state index in [0.717, 1.165) is 0 Å². The van der Waals surface area contributed by atoms with Crippen molar-refractivity contribution in [1.29, 1.82) is 5.26 Å². The summed E-state index contributed by atoms with van der Waals surface area (Å²) in [7, 11) is 0. The van der Waals surface area contributed by atoms with Gasteiger partial charge in [-0.2, -0.15) is 5.26 Å². The van der Waals surface area contributed by atoms with Crippen LogP contribution in [0.2, 0.25) is 0 Å². The van der Waals surface area contributed by atoms with Gasteiger partial charge in [0.1, 0.15) is 10.7 Å². The molecule has 106 valence electrons. The number of hydrogen-bond donors (Lipinski definition) is 1. The first-order valence-electron chi connectivity index (χ1n) is 5.95. The number of nitrogens with one attached hydrogen (secondary N) is 1. The molecule has 0 bridgehead atoms. The van der Waals surface area contributed by atoms with E-state index in [-0.39, 0.29) is 22.6 Å². The highest BCUT2D eigenvalue weighted by Gasteiger charge is 2.18. The highest BCUT2D eigenvalue weighted by Crippen LogP contribution is 2.36. The summed E-state index contributed by atoms with van der Waals surface area (Å²) in [5.74, 6) is 1.13. The van der Waals surface area contributed by atoms with Gasteiger partial charge in [-0.25, -0.2) is 8.78 Å². The lowest BCUT2D eigenvalue weighted by Crippen LogP contribution is -1.96. The first-order valence-corrected chi connectivity index (χ1v) is 6.36. The molecule has 2 heterocycles. The summed E-state index contributed by atoms with van der Waals surface area (Å²) >= 11 is 4.98. The summed E-state index contributed by atoms with van der Waals surface area (Å²) in [6.07, 6.45) is -2.77. The number of fused-ring (bicyclic) bond motifs is 1. The maximum atomic E-state index is 13.1. The van der Waals surface area contributed by atoms with Crippen molar-refractivity contribution in [2.45, 2.75) is 6.43 Å². The van der Waals surface area contributed by atoms with E-state index in [4.69, 9.17) is 27.0 Å². The van der Waals surface area contributed by atoms with Crippen LogP contribution < -0.4 is 9.47 Å². The van der Waals surface area contributed by atoms with Gasteiger partial charge in [-0.3, -0.25) is 0 Å². The number of nitriles is 1. The zero-order valence-corrected chi connectivity index (χ0v) is 11.3. The van der Waals surface area contributed by atoms with E-state index < -0.39 is 6.43 Å². The average molecular weight is 306 g/mol. The third-order valence-corrected chi connectivity index (χ3v) is 3.40. The van der Waals surface area contributed by atoms with Gasteiger partial charge in [-0.05, 0) is 24.3 Å². The normalized spacial score (nSPS) is 12.5. The Balaban J connectivity index is 2.15. The second kappa shape index (κ2) is 5.14. The Kier molecular flexibility index (Phi) is 3.31. The van der Waals surface area contributed by atoms with E-state index >= 15 is 0 Å². The summed E-state index contributed by atoms with van der Waals surface area (Å²) in [5.41, 5.74) is 0.433. The van der Waals surface area contributed by atoms with Gasteiger partial charge in [-0.15, -0.1) is 0 Å². The van der Waals surface area contributed by atoms with Gasteiger partial charge in [0.2, 0.25) is 6.79 Å². The van der Waals surface area contributed by atoms with Crippen molar-refractivity contribution in [3.8, 4) is 28.8 Å². The van der Waals surface area contributed by atoms with Gasteiger partial charge in [0, 0.05) is 16.8 Å². The summed E-state index contributed by atoms with van der Waals surface area (Å²) in [6.45, 7) is 0.129. The number of ether oxygens (including phenoxy) is 2. The molecule has 0 amide bonds. The summed E-state index contributed by atoms with van der Waals surface area (Å²) < 4.78 is 36.5. The Hall–Kier alpha value is -2.46. The number of halogens is 2. The number of pyridine rings is 1. The molecule has 0 spiro atoms. The molecule has 1 aromatic carbocycles. The molecule has 0 fully saturated rings. The van der Waals surface area contributed by atoms with Gasteiger partial charge in [-0.1, -0.05) is 12.2 Å². The minimum Gasteiger partial charge on any atom is -0.454 e. The van der Waals surface area contributed by atoms with E-state index in [0.29, 0.717) is 22.8 Å². The van der Waals surface area contributed by atoms with Crippen LogP contribution in [0.3, 0.4) is 0 Å². The molecule has 4 nitrogen and oxygen atoms in total. The van der Waals surface area contributed by atoms with Gasteiger partial charge in [0.05, 0.1) is 5.56 Å². The lowest BCUT2D eigenvalue weighted by Gasteiger charge is -2.08. The zero-order valence-electron chi connectivity index (χ0n) is 10.5. The Labute approximate surface area is 123 Å². The molecule has 1 N–H and O–H groups in total. The molecule has 2 aromatic rings. The van der Waals surface area contributed by atoms with Crippen molar-refractivity contribution < 1.29 is 18.3 Å².